The zero-order valence-electron chi connectivity index (χ0n) is 12.0. The molecule has 1 unspecified atom stereocenters. The van der Waals surface area contributed by atoms with E-state index in [1.165, 1.54) is 43.5 Å². The van der Waals surface area contributed by atoms with Crippen molar-refractivity contribution in [3.8, 4) is 5.75 Å². The van der Waals surface area contributed by atoms with Crippen molar-refractivity contribution in [3.63, 3.8) is 0 Å². The highest BCUT2D eigenvalue weighted by Crippen LogP contribution is 2.28. The van der Waals surface area contributed by atoms with Crippen LogP contribution in [0, 0.1) is 5.82 Å². The normalized spacial score (nSPS) is 12.9. The molecule has 0 aliphatic carbocycles. The summed E-state index contributed by atoms with van der Waals surface area (Å²) in [7, 11) is -2.46. The maximum absolute atomic E-state index is 12.9. The van der Waals surface area contributed by atoms with Gasteiger partial charge in [0.25, 0.3) is 0 Å². The van der Waals surface area contributed by atoms with Gasteiger partial charge in [0, 0.05) is 11.1 Å². The fourth-order valence-electron chi connectivity index (χ4n) is 1.98. The molecule has 2 aromatic carbocycles. The predicted octanol–water partition coefficient (Wildman–Crippen LogP) is 3.53. The van der Waals surface area contributed by atoms with Crippen molar-refractivity contribution in [1.29, 1.82) is 0 Å². The van der Waals surface area contributed by atoms with Crippen LogP contribution in [-0.2, 0) is 10.0 Å². The second-order valence-electron chi connectivity index (χ2n) is 4.69. The van der Waals surface area contributed by atoms with E-state index in [1.807, 2.05) is 0 Å². The molecule has 1 N–H and O–H groups in total. The van der Waals surface area contributed by atoms with E-state index in [-0.39, 0.29) is 21.5 Å². The zero-order valence-corrected chi connectivity index (χ0v) is 13.6. The quantitative estimate of drug-likeness (QED) is 0.903. The van der Waals surface area contributed by atoms with Crippen LogP contribution in [0.4, 0.5) is 4.39 Å². The Kier molecular flexibility index (Phi) is 5.05. The summed E-state index contributed by atoms with van der Waals surface area (Å²) in [6.07, 6.45) is 0. The summed E-state index contributed by atoms with van der Waals surface area (Å²) in [5.74, 6) is -0.182. The highest BCUT2D eigenvalue weighted by Gasteiger charge is 2.22. The third-order valence-electron chi connectivity index (χ3n) is 3.12. The molecule has 2 aromatic rings. The van der Waals surface area contributed by atoms with Crippen LogP contribution in [-0.4, -0.2) is 15.5 Å². The largest absolute Gasteiger partial charge is 0.495 e. The number of rotatable bonds is 5. The summed E-state index contributed by atoms with van der Waals surface area (Å²) in [6, 6.07) is 9.42. The lowest BCUT2D eigenvalue weighted by atomic mass is 10.1. The number of ether oxygens (including phenoxy) is 1. The van der Waals surface area contributed by atoms with Crippen molar-refractivity contribution >= 4 is 21.6 Å². The van der Waals surface area contributed by atoms with Gasteiger partial charge in [-0.15, -0.1) is 0 Å². The first-order valence-corrected chi connectivity index (χ1v) is 8.31. The van der Waals surface area contributed by atoms with E-state index < -0.39 is 16.1 Å². The highest BCUT2D eigenvalue weighted by molar-refractivity contribution is 7.89. The number of hydrogen-bond donors (Lipinski definition) is 1. The molecule has 0 saturated heterocycles. The average Bonchev–Trinajstić information content (AvgIpc) is 2.47. The van der Waals surface area contributed by atoms with Crippen LogP contribution >= 0.6 is 11.6 Å². The Labute approximate surface area is 133 Å². The zero-order chi connectivity index (χ0) is 16.3. The molecule has 0 spiro atoms. The number of benzene rings is 2. The van der Waals surface area contributed by atoms with Gasteiger partial charge in [-0.05, 0) is 42.8 Å². The fourth-order valence-corrected chi connectivity index (χ4v) is 3.64. The minimum absolute atomic E-state index is 0.0449. The summed E-state index contributed by atoms with van der Waals surface area (Å²) < 4.78 is 45.5. The van der Waals surface area contributed by atoms with Crippen molar-refractivity contribution in [2.45, 2.75) is 17.9 Å². The summed E-state index contributed by atoms with van der Waals surface area (Å²) in [5, 5.41) is 0.288. The molecule has 1 atom stereocenters. The van der Waals surface area contributed by atoms with Crippen molar-refractivity contribution in [2.75, 3.05) is 7.11 Å². The van der Waals surface area contributed by atoms with Crippen LogP contribution < -0.4 is 9.46 Å². The van der Waals surface area contributed by atoms with E-state index >= 15 is 0 Å². The molecule has 0 aliphatic heterocycles. The first kappa shape index (κ1) is 16.7. The maximum atomic E-state index is 12.9. The molecule has 0 saturated carbocycles. The van der Waals surface area contributed by atoms with Crippen molar-refractivity contribution in [3.05, 3.63) is 58.9 Å². The lowest BCUT2D eigenvalue weighted by Crippen LogP contribution is -2.27. The number of sulfonamides is 1. The summed E-state index contributed by atoms with van der Waals surface area (Å²) >= 11 is 5.86. The Hall–Kier alpha value is -1.63. The van der Waals surface area contributed by atoms with Gasteiger partial charge in [0.15, 0.2) is 0 Å². The number of methoxy groups -OCH3 is 1. The molecular formula is C15H15ClFNO3S. The standard InChI is InChI=1S/C15H15ClFNO3S/c1-10(11-3-6-13(17)7-4-11)18-22(19,20)15-9-12(16)5-8-14(15)21-2/h3-10,18H,1-2H3. The third-order valence-corrected chi connectivity index (χ3v) is 4.91. The van der Waals surface area contributed by atoms with Crippen LogP contribution in [0.5, 0.6) is 5.75 Å². The first-order chi connectivity index (χ1) is 10.3. The second kappa shape index (κ2) is 6.64. The van der Waals surface area contributed by atoms with Gasteiger partial charge in [0.2, 0.25) is 10.0 Å². The fraction of sp³-hybridized carbons (Fsp3) is 0.200. The van der Waals surface area contributed by atoms with Crippen LogP contribution in [0.3, 0.4) is 0 Å². The number of hydrogen-bond acceptors (Lipinski definition) is 3. The molecule has 0 radical (unpaired) electrons. The predicted molar refractivity (Wildman–Crippen MR) is 83.1 cm³/mol. The van der Waals surface area contributed by atoms with E-state index in [0.29, 0.717) is 5.56 Å². The monoisotopic (exact) mass is 343 g/mol. The molecule has 0 amide bonds. The Balaban J connectivity index is 2.31. The van der Waals surface area contributed by atoms with E-state index in [1.54, 1.807) is 13.0 Å². The van der Waals surface area contributed by atoms with E-state index in [4.69, 9.17) is 16.3 Å². The van der Waals surface area contributed by atoms with Crippen LogP contribution in [0.2, 0.25) is 5.02 Å². The van der Waals surface area contributed by atoms with Gasteiger partial charge in [-0.1, -0.05) is 23.7 Å². The summed E-state index contributed by atoms with van der Waals surface area (Å²) in [6.45, 7) is 1.67. The Morgan fingerprint density at radius 1 is 1.18 bits per heavy atom. The lowest BCUT2D eigenvalue weighted by molar-refractivity contribution is 0.402. The molecule has 22 heavy (non-hydrogen) atoms. The number of halogens is 2. The molecule has 2 rings (SSSR count). The van der Waals surface area contributed by atoms with Gasteiger partial charge in [-0.3, -0.25) is 0 Å². The molecule has 7 heteroatoms. The van der Waals surface area contributed by atoms with E-state index in [0.717, 1.165) is 0 Å². The lowest BCUT2D eigenvalue weighted by Gasteiger charge is -2.16. The Morgan fingerprint density at radius 3 is 2.41 bits per heavy atom. The summed E-state index contributed by atoms with van der Waals surface area (Å²) in [4.78, 5) is -0.0449. The molecule has 0 aromatic heterocycles. The van der Waals surface area contributed by atoms with Gasteiger partial charge in [0.05, 0.1) is 7.11 Å². The third kappa shape index (κ3) is 3.76. The number of nitrogens with one attached hydrogen (secondary N) is 1. The van der Waals surface area contributed by atoms with Crippen LogP contribution in [0.25, 0.3) is 0 Å². The van der Waals surface area contributed by atoms with Gasteiger partial charge in [-0.2, -0.15) is 0 Å². The smallest absolute Gasteiger partial charge is 0.244 e. The molecule has 0 fully saturated rings. The Bertz CT molecular complexity index is 763. The molecule has 4 nitrogen and oxygen atoms in total. The topological polar surface area (TPSA) is 55.4 Å². The average molecular weight is 344 g/mol. The van der Waals surface area contributed by atoms with E-state index in [2.05, 4.69) is 4.72 Å². The molecule has 0 aliphatic rings. The van der Waals surface area contributed by atoms with Crippen molar-refractivity contribution < 1.29 is 17.5 Å². The minimum Gasteiger partial charge on any atom is -0.495 e. The van der Waals surface area contributed by atoms with Crippen LogP contribution in [0.1, 0.15) is 18.5 Å². The van der Waals surface area contributed by atoms with Crippen molar-refractivity contribution in [1.82, 2.24) is 4.72 Å². The Morgan fingerprint density at radius 2 is 1.82 bits per heavy atom. The van der Waals surface area contributed by atoms with Gasteiger partial charge >= 0.3 is 0 Å². The summed E-state index contributed by atoms with van der Waals surface area (Å²) in [5.41, 5.74) is 0.644. The second-order valence-corrected chi connectivity index (χ2v) is 6.81. The van der Waals surface area contributed by atoms with Crippen molar-refractivity contribution in [2.24, 2.45) is 0 Å². The molecule has 0 heterocycles. The van der Waals surface area contributed by atoms with E-state index in [9.17, 15) is 12.8 Å². The molecule has 118 valence electrons. The van der Waals surface area contributed by atoms with Crippen LogP contribution in [0.15, 0.2) is 47.4 Å². The minimum atomic E-state index is -3.84. The first-order valence-electron chi connectivity index (χ1n) is 6.45. The van der Waals surface area contributed by atoms with Gasteiger partial charge < -0.3 is 4.74 Å². The van der Waals surface area contributed by atoms with Gasteiger partial charge in [0.1, 0.15) is 16.5 Å². The SMILES string of the molecule is COc1ccc(Cl)cc1S(=O)(=O)NC(C)c1ccc(F)cc1. The highest BCUT2D eigenvalue weighted by atomic mass is 35.5. The maximum Gasteiger partial charge on any atom is 0.244 e. The molecular weight excluding hydrogens is 329 g/mol. The van der Waals surface area contributed by atoms with Gasteiger partial charge in [-0.25, -0.2) is 17.5 Å². The molecule has 0 bridgehead atoms.